The molecule has 7 nitrogen and oxygen atoms in total. The predicted octanol–water partition coefficient (Wildman–Crippen LogP) is 7.65. The number of rotatable bonds is 10. The Morgan fingerprint density at radius 1 is 1.00 bits per heavy atom. The van der Waals surface area contributed by atoms with Crippen LogP contribution in [0.5, 0.6) is 5.75 Å². The molecule has 1 aliphatic rings. The maximum atomic E-state index is 13.6. The minimum Gasteiger partial charge on any atom is -0.487 e. The van der Waals surface area contributed by atoms with Crippen molar-refractivity contribution >= 4 is 44.2 Å². The number of benzene rings is 4. The van der Waals surface area contributed by atoms with Crippen LogP contribution in [-0.2, 0) is 22.4 Å². The molecule has 6 rings (SSSR count). The fourth-order valence-corrected chi connectivity index (χ4v) is 6.50. The van der Waals surface area contributed by atoms with Gasteiger partial charge in [0.1, 0.15) is 29.5 Å². The van der Waals surface area contributed by atoms with E-state index in [2.05, 4.69) is 10.0 Å². The second kappa shape index (κ2) is 11.7. The lowest BCUT2D eigenvalue weighted by atomic mass is 10.0. The molecular weight excluding hydrogens is 591 g/mol. The fraction of sp³-hybridized carbons (Fsp3) is 0.182. The smallest absolute Gasteiger partial charge is 0.255 e. The standard InChI is InChI=1S/C33H28ClFN2O5S/c1-36-33(38)31-26-16-25(22-8-9-22)28(17-30(26)42-32(31)23-10-12-24(35)13-11-23)37-43(39,40)19-21-7-14-29(27(34)15-21)41-18-20-5-3-2-4-6-20/h2-7,10-17,22,37H,8-9,18-19H2,1H3,(H,36,38). The summed E-state index contributed by atoms with van der Waals surface area (Å²) in [6.45, 7) is 0.337. The molecule has 4 aromatic carbocycles. The molecule has 1 fully saturated rings. The van der Waals surface area contributed by atoms with E-state index in [1.54, 1.807) is 24.3 Å². The summed E-state index contributed by atoms with van der Waals surface area (Å²) in [6, 6.07) is 23.7. The number of halogens is 2. The van der Waals surface area contributed by atoms with Gasteiger partial charge in [-0.3, -0.25) is 9.52 Å². The van der Waals surface area contributed by atoms with Gasteiger partial charge in [-0.1, -0.05) is 48.0 Å². The summed E-state index contributed by atoms with van der Waals surface area (Å²) in [5, 5.41) is 3.52. The van der Waals surface area contributed by atoms with E-state index in [9.17, 15) is 17.6 Å². The normalized spacial score (nSPS) is 13.2. The largest absolute Gasteiger partial charge is 0.487 e. The monoisotopic (exact) mass is 618 g/mol. The first-order valence-corrected chi connectivity index (χ1v) is 15.8. The number of amides is 1. The Hall–Kier alpha value is -4.34. The van der Waals surface area contributed by atoms with E-state index in [0.29, 0.717) is 50.7 Å². The quantitative estimate of drug-likeness (QED) is 0.168. The zero-order valence-corrected chi connectivity index (χ0v) is 24.8. The first kappa shape index (κ1) is 28.8. The summed E-state index contributed by atoms with van der Waals surface area (Å²) in [7, 11) is -2.34. The lowest BCUT2D eigenvalue weighted by Gasteiger charge is -2.14. The van der Waals surface area contributed by atoms with Gasteiger partial charge >= 0.3 is 0 Å². The Morgan fingerprint density at radius 2 is 1.74 bits per heavy atom. The van der Waals surface area contributed by atoms with Gasteiger partial charge in [0.05, 0.1) is 22.0 Å². The third kappa shape index (κ3) is 6.38. The summed E-state index contributed by atoms with van der Waals surface area (Å²) in [6.07, 6.45) is 1.80. The van der Waals surface area contributed by atoms with Gasteiger partial charge in [0.25, 0.3) is 5.91 Å². The van der Waals surface area contributed by atoms with Crippen molar-refractivity contribution in [1.29, 1.82) is 0 Å². The van der Waals surface area contributed by atoms with Crippen molar-refractivity contribution in [2.75, 3.05) is 11.8 Å². The number of carbonyl (C=O) groups excluding carboxylic acids is 1. The van der Waals surface area contributed by atoms with E-state index in [1.807, 2.05) is 36.4 Å². The van der Waals surface area contributed by atoms with Gasteiger partial charge in [-0.05, 0) is 77.9 Å². The Balaban J connectivity index is 1.28. The van der Waals surface area contributed by atoms with Crippen LogP contribution < -0.4 is 14.8 Å². The number of fused-ring (bicyclic) bond motifs is 1. The summed E-state index contributed by atoms with van der Waals surface area (Å²) >= 11 is 6.43. The highest BCUT2D eigenvalue weighted by molar-refractivity contribution is 7.91. The Labute approximate surface area is 253 Å². The number of hydrogen-bond donors (Lipinski definition) is 2. The molecule has 0 spiro atoms. The molecule has 0 bridgehead atoms. The molecule has 1 saturated carbocycles. The maximum absolute atomic E-state index is 13.6. The van der Waals surface area contributed by atoms with Gasteiger partial charge < -0.3 is 14.5 Å². The van der Waals surface area contributed by atoms with Crippen LogP contribution in [0.1, 0.15) is 45.8 Å². The van der Waals surface area contributed by atoms with Gasteiger partial charge in [-0.2, -0.15) is 0 Å². The van der Waals surface area contributed by atoms with Gasteiger partial charge in [-0.15, -0.1) is 0 Å². The molecule has 0 aliphatic heterocycles. The van der Waals surface area contributed by atoms with Crippen molar-refractivity contribution in [1.82, 2.24) is 5.32 Å². The molecule has 43 heavy (non-hydrogen) atoms. The molecule has 0 radical (unpaired) electrons. The lowest BCUT2D eigenvalue weighted by Crippen LogP contribution is -2.18. The Morgan fingerprint density at radius 3 is 2.42 bits per heavy atom. The predicted molar refractivity (Wildman–Crippen MR) is 165 cm³/mol. The van der Waals surface area contributed by atoms with Crippen LogP contribution in [0.25, 0.3) is 22.3 Å². The third-order valence-electron chi connectivity index (χ3n) is 7.29. The number of nitrogens with one attached hydrogen (secondary N) is 2. The zero-order chi connectivity index (χ0) is 30.1. The van der Waals surface area contributed by atoms with E-state index < -0.39 is 15.8 Å². The average molecular weight is 619 g/mol. The topological polar surface area (TPSA) is 97.6 Å². The van der Waals surface area contributed by atoms with Crippen molar-refractivity contribution in [3.63, 3.8) is 0 Å². The third-order valence-corrected chi connectivity index (χ3v) is 8.83. The number of furan rings is 1. The van der Waals surface area contributed by atoms with E-state index >= 15 is 0 Å². The van der Waals surface area contributed by atoms with Crippen LogP contribution >= 0.6 is 11.6 Å². The van der Waals surface area contributed by atoms with Gasteiger partial charge in [0, 0.05) is 24.1 Å². The highest BCUT2D eigenvalue weighted by Gasteiger charge is 2.31. The molecule has 0 atom stereocenters. The van der Waals surface area contributed by atoms with E-state index in [-0.39, 0.29) is 23.3 Å². The summed E-state index contributed by atoms with van der Waals surface area (Å²) in [5.74, 6) is -0.190. The van der Waals surface area contributed by atoms with Crippen molar-refractivity contribution in [2.24, 2.45) is 0 Å². The molecule has 0 unspecified atom stereocenters. The first-order chi connectivity index (χ1) is 20.7. The molecule has 1 heterocycles. The van der Waals surface area contributed by atoms with E-state index in [4.69, 9.17) is 20.8 Å². The van der Waals surface area contributed by atoms with Crippen molar-refractivity contribution in [2.45, 2.75) is 31.1 Å². The Kier molecular flexibility index (Phi) is 7.85. The van der Waals surface area contributed by atoms with E-state index in [0.717, 1.165) is 24.0 Å². The molecule has 1 amide bonds. The molecule has 10 heteroatoms. The minimum atomic E-state index is -3.86. The number of carbonyl (C=O) groups is 1. The van der Waals surface area contributed by atoms with Crippen molar-refractivity contribution < 1.29 is 26.8 Å². The summed E-state index contributed by atoms with van der Waals surface area (Å²) in [4.78, 5) is 13.0. The van der Waals surface area contributed by atoms with Crippen LogP contribution in [0.4, 0.5) is 10.1 Å². The van der Waals surface area contributed by atoms with Crippen LogP contribution in [-0.4, -0.2) is 21.4 Å². The molecule has 1 aliphatic carbocycles. The Bertz CT molecular complexity index is 1920. The SMILES string of the molecule is CNC(=O)c1c(-c2ccc(F)cc2)oc2cc(NS(=O)(=O)Cc3ccc(OCc4ccccc4)c(Cl)c3)c(C3CC3)cc12. The molecule has 5 aromatic rings. The van der Waals surface area contributed by atoms with Gasteiger partial charge in [0.15, 0.2) is 0 Å². The fourth-order valence-electron chi connectivity index (χ4n) is 5.04. The highest BCUT2D eigenvalue weighted by Crippen LogP contribution is 2.47. The number of ether oxygens (including phenoxy) is 1. The van der Waals surface area contributed by atoms with Crippen LogP contribution in [0.2, 0.25) is 5.02 Å². The van der Waals surface area contributed by atoms with Crippen LogP contribution in [0.3, 0.4) is 0 Å². The average Bonchev–Trinajstić information content (AvgIpc) is 3.77. The second-order valence-corrected chi connectivity index (χ2v) is 12.6. The molecule has 220 valence electrons. The van der Waals surface area contributed by atoms with E-state index in [1.165, 1.54) is 31.3 Å². The number of sulfonamides is 1. The highest BCUT2D eigenvalue weighted by atomic mass is 35.5. The minimum absolute atomic E-state index is 0.152. The summed E-state index contributed by atoms with van der Waals surface area (Å²) in [5.41, 5.74) is 3.84. The molecule has 2 N–H and O–H groups in total. The van der Waals surface area contributed by atoms with Crippen molar-refractivity contribution in [3.8, 4) is 17.1 Å². The number of hydrogen-bond acceptors (Lipinski definition) is 5. The van der Waals surface area contributed by atoms with Crippen LogP contribution in [0.15, 0.2) is 89.3 Å². The lowest BCUT2D eigenvalue weighted by molar-refractivity contribution is 0.0964. The maximum Gasteiger partial charge on any atom is 0.255 e. The van der Waals surface area contributed by atoms with Crippen LogP contribution in [0, 0.1) is 5.82 Å². The first-order valence-electron chi connectivity index (χ1n) is 13.7. The molecular formula is C33H28ClFN2O5S. The number of anilines is 1. The molecule has 1 aromatic heterocycles. The zero-order valence-electron chi connectivity index (χ0n) is 23.2. The second-order valence-electron chi connectivity index (χ2n) is 10.5. The molecule has 0 saturated heterocycles. The summed E-state index contributed by atoms with van der Waals surface area (Å²) < 4.78 is 55.0. The van der Waals surface area contributed by atoms with Gasteiger partial charge in [-0.25, -0.2) is 12.8 Å². The van der Waals surface area contributed by atoms with Crippen molar-refractivity contribution in [3.05, 3.63) is 118 Å². The van der Waals surface area contributed by atoms with Gasteiger partial charge in [0.2, 0.25) is 10.0 Å².